The molecule has 2 aromatic heterocycles. The number of rotatable bonds is 6. The van der Waals surface area contributed by atoms with Gasteiger partial charge in [-0.1, -0.05) is 29.8 Å². The molecule has 0 aliphatic carbocycles. The summed E-state index contributed by atoms with van der Waals surface area (Å²) < 4.78 is 3.06. The van der Waals surface area contributed by atoms with Gasteiger partial charge in [-0.05, 0) is 26.3 Å². The van der Waals surface area contributed by atoms with Crippen molar-refractivity contribution < 1.29 is 9.72 Å². The van der Waals surface area contributed by atoms with E-state index in [9.17, 15) is 14.9 Å². The molecule has 0 radical (unpaired) electrons. The van der Waals surface area contributed by atoms with E-state index >= 15 is 0 Å². The van der Waals surface area contributed by atoms with E-state index in [0.29, 0.717) is 17.9 Å². The number of nitrogens with zero attached hydrogens (tertiary/aromatic N) is 5. The third-order valence-electron chi connectivity index (χ3n) is 4.20. The van der Waals surface area contributed by atoms with Gasteiger partial charge in [-0.3, -0.25) is 24.3 Å². The number of benzene rings is 1. The van der Waals surface area contributed by atoms with E-state index in [-0.39, 0.29) is 23.8 Å². The van der Waals surface area contributed by atoms with Gasteiger partial charge in [0.1, 0.15) is 17.9 Å². The van der Waals surface area contributed by atoms with Crippen LogP contribution in [0.1, 0.15) is 22.5 Å². The van der Waals surface area contributed by atoms with E-state index in [1.54, 1.807) is 30.9 Å². The summed E-state index contributed by atoms with van der Waals surface area (Å²) in [4.78, 5) is 22.8. The van der Waals surface area contributed by atoms with E-state index in [1.165, 1.54) is 10.2 Å². The van der Waals surface area contributed by atoms with Crippen molar-refractivity contribution in [1.29, 1.82) is 0 Å². The van der Waals surface area contributed by atoms with Gasteiger partial charge in [-0.25, -0.2) is 0 Å². The first-order valence-electron chi connectivity index (χ1n) is 8.39. The molecule has 1 aromatic carbocycles. The Labute approximate surface area is 155 Å². The van der Waals surface area contributed by atoms with Crippen LogP contribution in [0.2, 0.25) is 0 Å². The summed E-state index contributed by atoms with van der Waals surface area (Å²) in [6.45, 7) is 5.64. The van der Waals surface area contributed by atoms with Crippen molar-refractivity contribution in [2.45, 2.75) is 33.9 Å². The van der Waals surface area contributed by atoms with Gasteiger partial charge in [0.05, 0.1) is 23.4 Å². The van der Waals surface area contributed by atoms with Gasteiger partial charge >= 0.3 is 5.69 Å². The number of carbonyl (C=O) groups is 1. The monoisotopic (exact) mass is 368 g/mol. The lowest BCUT2D eigenvalue weighted by molar-refractivity contribution is -0.386. The molecule has 0 atom stereocenters. The second kappa shape index (κ2) is 7.40. The molecule has 0 saturated carbocycles. The van der Waals surface area contributed by atoms with Gasteiger partial charge in [0.15, 0.2) is 0 Å². The minimum atomic E-state index is -0.485. The Bertz CT molecular complexity index is 987. The average molecular weight is 368 g/mol. The number of anilines is 1. The maximum Gasteiger partial charge on any atom is 0.312 e. The predicted molar refractivity (Wildman–Crippen MR) is 99.5 cm³/mol. The Morgan fingerprint density at radius 1 is 1.22 bits per heavy atom. The molecule has 1 N–H and O–H groups in total. The van der Waals surface area contributed by atoms with Crippen molar-refractivity contribution >= 4 is 17.3 Å². The fourth-order valence-corrected chi connectivity index (χ4v) is 2.84. The highest BCUT2D eigenvalue weighted by atomic mass is 16.6. The molecule has 0 spiro atoms. The summed E-state index contributed by atoms with van der Waals surface area (Å²) in [5.41, 5.74) is 3.43. The number of aromatic nitrogens is 4. The number of aryl methyl sites for hydroxylation is 2. The summed E-state index contributed by atoms with van der Waals surface area (Å²) in [5.74, 6) is -0.328. The molecule has 0 aliphatic rings. The van der Waals surface area contributed by atoms with Gasteiger partial charge in [0, 0.05) is 6.20 Å². The highest BCUT2D eigenvalue weighted by Crippen LogP contribution is 2.21. The van der Waals surface area contributed by atoms with Crippen LogP contribution in [0.3, 0.4) is 0 Å². The van der Waals surface area contributed by atoms with E-state index < -0.39 is 4.92 Å². The average Bonchev–Trinajstić information content (AvgIpc) is 3.13. The van der Waals surface area contributed by atoms with Crippen molar-refractivity contribution in [3.63, 3.8) is 0 Å². The molecule has 9 nitrogen and oxygen atoms in total. The molecule has 3 rings (SSSR count). The fraction of sp³-hybridized carbons (Fsp3) is 0.278. The van der Waals surface area contributed by atoms with E-state index in [0.717, 1.165) is 5.56 Å². The van der Waals surface area contributed by atoms with Crippen LogP contribution in [0.5, 0.6) is 0 Å². The Morgan fingerprint density at radius 2 is 1.93 bits per heavy atom. The van der Waals surface area contributed by atoms with E-state index in [4.69, 9.17) is 0 Å². The van der Waals surface area contributed by atoms with Crippen molar-refractivity contribution in [3.8, 4) is 0 Å². The molecule has 0 unspecified atom stereocenters. The molecular formula is C18H20N6O3. The molecule has 0 fully saturated rings. The normalized spacial score (nSPS) is 10.8. The van der Waals surface area contributed by atoms with Gasteiger partial charge < -0.3 is 5.32 Å². The summed E-state index contributed by atoms with van der Waals surface area (Å²) in [5, 5.41) is 22.1. The lowest BCUT2D eigenvalue weighted by Gasteiger charge is -2.04. The minimum Gasteiger partial charge on any atom is -0.322 e. The van der Waals surface area contributed by atoms with Gasteiger partial charge in [-0.15, -0.1) is 0 Å². The number of hydrogen-bond acceptors (Lipinski definition) is 5. The SMILES string of the molecule is Cc1ccc(Cn2cc(NC(=O)Cn3nc(C)c([N+](=O)[O-])c3C)cn2)cc1. The van der Waals surface area contributed by atoms with Gasteiger partial charge in [-0.2, -0.15) is 10.2 Å². The van der Waals surface area contributed by atoms with Crippen LogP contribution in [-0.4, -0.2) is 30.4 Å². The third-order valence-corrected chi connectivity index (χ3v) is 4.20. The second-order valence-electron chi connectivity index (χ2n) is 6.39. The number of nitrogens with one attached hydrogen (secondary N) is 1. The summed E-state index contributed by atoms with van der Waals surface area (Å²) in [7, 11) is 0. The molecule has 9 heteroatoms. The molecule has 0 aliphatic heterocycles. The fourth-order valence-electron chi connectivity index (χ4n) is 2.84. The van der Waals surface area contributed by atoms with Gasteiger partial charge in [0.2, 0.25) is 5.91 Å². The van der Waals surface area contributed by atoms with Gasteiger partial charge in [0.25, 0.3) is 0 Å². The Morgan fingerprint density at radius 3 is 2.56 bits per heavy atom. The Kier molecular flexibility index (Phi) is 5.02. The molecule has 3 aromatic rings. The number of hydrogen-bond donors (Lipinski definition) is 1. The highest BCUT2D eigenvalue weighted by molar-refractivity contribution is 5.90. The second-order valence-corrected chi connectivity index (χ2v) is 6.39. The molecule has 0 saturated heterocycles. The van der Waals surface area contributed by atoms with Crippen LogP contribution in [0, 0.1) is 30.9 Å². The highest BCUT2D eigenvalue weighted by Gasteiger charge is 2.22. The zero-order chi connectivity index (χ0) is 19.6. The largest absolute Gasteiger partial charge is 0.322 e. The van der Waals surface area contributed by atoms with E-state index in [1.807, 2.05) is 31.2 Å². The topological polar surface area (TPSA) is 108 Å². The predicted octanol–water partition coefficient (Wildman–Crippen LogP) is 2.60. The van der Waals surface area contributed by atoms with Crippen LogP contribution >= 0.6 is 0 Å². The molecule has 0 bridgehead atoms. The zero-order valence-corrected chi connectivity index (χ0v) is 15.3. The van der Waals surface area contributed by atoms with Crippen LogP contribution < -0.4 is 5.32 Å². The van der Waals surface area contributed by atoms with E-state index in [2.05, 4.69) is 15.5 Å². The summed E-state index contributed by atoms with van der Waals surface area (Å²) >= 11 is 0. The Balaban J connectivity index is 1.63. The number of carbonyl (C=O) groups excluding carboxylic acids is 1. The van der Waals surface area contributed by atoms with Crippen LogP contribution in [0.15, 0.2) is 36.7 Å². The van der Waals surface area contributed by atoms with Crippen molar-refractivity contribution in [2.75, 3.05) is 5.32 Å². The molecule has 2 heterocycles. The zero-order valence-electron chi connectivity index (χ0n) is 15.3. The van der Waals surface area contributed by atoms with Crippen LogP contribution in [0.4, 0.5) is 11.4 Å². The minimum absolute atomic E-state index is 0.0614. The first kappa shape index (κ1) is 18.3. The first-order valence-corrected chi connectivity index (χ1v) is 8.39. The number of nitro groups is 1. The lowest BCUT2D eigenvalue weighted by atomic mass is 10.1. The van der Waals surface area contributed by atoms with Crippen molar-refractivity contribution in [1.82, 2.24) is 19.6 Å². The smallest absolute Gasteiger partial charge is 0.312 e. The maximum absolute atomic E-state index is 12.3. The molecular weight excluding hydrogens is 348 g/mol. The standard InChI is InChI=1S/C18H20N6O3/c1-12-4-6-15(7-5-12)9-22-10-16(8-19-22)20-17(25)11-23-14(3)18(24(26)27)13(2)21-23/h4-8,10H,9,11H2,1-3H3,(H,20,25). The summed E-state index contributed by atoms with van der Waals surface area (Å²) in [6.07, 6.45) is 3.30. The number of amides is 1. The molecule has 1 amide bonds. The van der Waals surface area contributed by atoms with Crippen molar-refractivity contribution in [3.05, 3.63) is 69.3 Å². The Hall–Kier alpha value is -3.49. The van der Waals surface area contributed by atoms with Crippen LogP contribution in [-0.2, 0) is 17.9 Å². The first-order chi connectivity index (χ1) is 12.8. The lowest BCUT2D eigenvalue weighted by Crippen LogP contribution is -2.20. The quantitative estimate of drug-likeness (QED) is 0.531. The van der Waals surface area contributed by atoms with Crippen molar-refractivity contribution in [2.24, 2.45) is 0 Å². The maximum atomic E-state index is 12.3. The van der Waals surface area contributed by atoms with Crippen LogP contribution in [0.25, 0.3) is 0 Å². The third kappa shape index (κ3) is 4.20. The summed E-state index contributed by atoms with van der Waals surface area (Å²) in [6, 6.07) is 8.14. The molecule has 140 valence electrons. The molecule has 27 heavy (non-hydrogen) atoms.